The standard InChI is InChI=1S/C35H37N5O6/c1-3-5-25-18-29(39-38-25)35(43)40-15-14-32-30(20-40)37-34(42)24-10-13-31(44-2)28(17-24)23-6-4-7-27(16-23)45-21-33(41)36-19-22-8-11-26(46-32)12-9-22/h4,6-13,16-18,30,32H,3,5,14-15,19-21H2,1-2H3,(H,36,41)(H,37,42)(H,38,39)/t30-,32-/m1/s1. The Morgan fingerprint density at radius 2 is 1.87 bits per heavy atom. The lowest BCUT2D eigenvalue weighted by Gasteiger charge is -2.38. The molecule has 0 radical (unpaired) electrons. The average Bonchev–Trinajstić information content (AvgIpc) is 3.55. The van der Waals surface area contributed by atoms with Crippen molar-refractivity contribution in [3.05, 3.63) is 95.3 Å². The number of piperidine rings is 1. The van der Waals surface area contributed by atoms with E-state index in [9.17, 15) is 14.4 Å². The fourth-order valence-electron chi connectivity index (χ4n) is 5.77. The van der Waals surface area contributed by atoms with Gasteiger partial charge in [-0.1, -0.05) is 37.6 Å². The van der Waals surface area contributed by atoms with Crippen LogP contribution in [0.25, 0.3) is 11.1 Å². The quantitative estimate of drug-likeness (QED) is 0.311. The van der Waals surface area contributed by atoms with E-state index < -0.39 is 12.1 Å². The first-order valence-electron chi connectivity index (χ1n) is 15.5. The maximum atomic E-state index is 13.8. The second kappa shape index (κ2) is 13.8. The van der Waals surface area contributed by atoms with Gasteiger partial charge in [-0.2, -0.15) is 5.10 Å². The van der Waals surface area contributed by atoms with Gasteiger partial charge >= 0.3 is 0 Å². The van der Waals surface area contributed by atoms with Gasteiger partial charge in [-0.3, -0.25) is 19.5 Å². The van der Waals surface area contributed by atoms with E-state index in [1.54, 1.807) is 48.4 Å². The molecule has 4 heterocycles. The number of amides is 3. The van der Waals surface area contributed by atoms with Crippen LogP contribution in [0.3, 0.4) is 0 Å². The molecular formula is C35H37N5O6. The zero-order valence-corrected chi connectivity index (χ0v) is 25.9. The summed E-state index contributed by atoms with van der Waals surface area (Å²) < 4.78 is 17.8. The highest BCUT2D eigenvalue weighted by Crippen LogP contribution is 2.33. The Hall–Kier alpha value is -5.32. The topological polar surface area (TPSA) is 135 Å². The van der Waals surface area contributed by atoms with Gasteiger partial charge in [-0.25, -0.2) is 0 Å². The molecule has 238 valence electrons. The Labute approximate surface area is 267 Å². The summed E-state index contributed by atoms with van der Waals surface area (Å²) in [5, 5.41) is 13.2. The molecule has 3 aliphatic heterocycles. The number of likely N-dealkylation sites (tertiary alicyclic amines) is 1. The van der Waals surface area contributed by atoms with Crippen molar-refractivity contribution in [3.8, 4) is 28.4 Å². The summed E-state index contributed by atoms with van der Waals surface area (Å²) in [6, 6.07) is 21.2. The number of hydrogen-bond donors (Lipinski definition) is 3. The molecule has 1 aromatic heterocycles. The molecule has 3 N–H and O–H groups in total. The molecule has 3 amide bonds. The normalized spacial score (nSPS) is 18.3. The number of carbonyl (C=O) groups is 3. The number of fused-ring (bicyclic) bond motifs is 7. The Morgan fingerprint density at radius 3 is 2.67 bits per heavy atom. The minimum atomic E-state index is -0.508. The Bertz CT molecular complexity index is 1720. The first kappa shape index (κ1) is 30.7. The van der Waals surface area contributed by atoms with Crippen LogP contribution in [0.4, 0.5) is 0 Å². The third kappa shape index (κ3) is 6.98. The van der Waals surface area contributed by atoms with Gasteiger partial charge in [-0.05, 0) is 66.1 Å². The van der Waals surface area contributed by atoms with Crippen LogP contribution in [0.1, 0.15) is 51.9 Å². The van der Waals surface area contributed by atoms with Crippen molar-refractivity contribution in [2.24, 2.45) is 0 Å². The third-order valence-electron chi connectivity index (χ3n) is 8.20. The number of aromatic amines is 1. The number of benzene rings is 3. The fourth-order valence-corrected chi connectivity index (χ4v) is 5.77. The van der Waals surface area contributed by atoms with E-state index >= 15 is 0 Å². The first-order valence-corrected chi connectivity index (χ1v) is 15.5. The molecule has 7 rings (SSSR count). The van der Waals surface area contributed by atoms with Gasteiger partial charge in [0.15, 0.2) is 6.61 Å². The van der Waals surface area contributed by atoms with Crippen molar-refractivity contribution in [1.82, 2.24) is 25.7 Å². The van der Waals surface area contributed by atoms with Crippen LogP contribution < -0.4 is 24.8 Å². The highest BCUT2D eigenvalue weighted by Gasteiger charge is 2.35. The van der Waals surface area contributed by atoms with Crippen LogP contribution in [0.5, 0.6) is 17.2 Å². The lowest BCUT2D eigenvalue weighted by atomic mass is 9.99. The molecule has 6 bridgehead atoms. The number of nitrogens with one attached hydrogen (secondary N) is 3. The van der Waals surface area contributed by atoms with Crippen molar-refractivity contribution in [3.63, 3.8) is 0 Å². The van der Waals surface area contributed by atoms with Crippen molar-refractivity contribution in [2.45, 2.75) is 44.9 Å². The number of methoxy groups -OCH3 is 1. The second-order valence-corrected chi connectivity index (χ2v) is 11.5. The predicted octanol–water partition coefficient (Wildman–Crippen LogP) is 4.14. The summed E-state index contributed by atoms with van der Waals surface area (Å²) in [6.07, 6.45) is 1.85. The molecule has 3 aliphatic rings. The van der Waals surface area contributed by atoms with E-state index in [-0.39, 0.29) is 30.9 Å². The highest BCUT2D eigenvalue weighted by molar-refractivity contribution is 5.97. The summed E-state index contributed by atoms with van der Waals surface area (Å²) >= 11 is 0. The molecule has 0 aliphatic carbocycles. The number of aromatic nitrogens is 2. The maximum Gasteiger partial charge on any atom is 0.274 e. The van der Waals surface area contributed by atoms with Gasteiger partial charge in [0.2, 0.25) is 0 Å². The fraction of sp³-hybridized carbons (Fsp3) is 0.314. The summed E-state index contributed by atoms with van der Waals surface area (Å²) in [5.41, 5.74) is 4.03. The number of carbonyl (C=O) groups excluding carboxylic acids is 3. The summed E-state index contributed by atoms with van der Waals surface area (Å²) in [4.78, 5) is 41.5. The Balaban J connectivity index is 1.32. The minimum Gasteiger partial charge on any atom is -0.496 e. The largest absolute Gasteiger partial charge is 0.496 e. The zero-order chi connectivity index (χ0) is 32.0. The van der Waals surface area contributed by atoms with E-state index in [0.717, 1.165) is 29.7 Å². The van der Waals surface area contributed by atoms with Crippen LogP contribution in [-0.4, -0.2) is 71.8 Å². The average molecular weight is 624 g/mol. The second-order valence-electron chi connectivity index (χ2n) is 11.5. The molecule has 0 unspecified atom stereocenters. The van der Waals surface area contributed by atoms with Crippen molar-refractivity contribution >= 4 is 17.7 Å². The smallest absolute Gasteiger partial charge is 0.274 e. The lowest BCUT2D eigenvalue weighted by Crippen LogP contribution is -2.58. The molecule has 1 saturated heterocycles. The van der Waals surface area contributed by atoms with Crippen LogP contribution in [0.2, 0.25) is 0 Å². The predicted molar refractivity (Wildman–Crippen MR) is 171 cm³/mol. The molecular weight excluding hydrogens is 586 g/mol. The molecule has 11 heteroatoms. The molecule has 1 fully saturated rings. The van der Waals surface area contributed by atoms with Crippen molar-refractivity contribution in [2.75, 3.05) is 26.8 Å². The maximum absolute atomic E-state index is 13.8. The molecule has 4 aromatic rings. The van der Waals surface area contributed by atoms with E-state index in [2.05, 4.69) is 27.8 Å². The van der Waals surface area contributed by atoms with Gasteiger partial charge in [0, 0.05) is 42.9 Å². The van der Waals surface area contributed by atoms with E-state index in [0.29, 0.717) is 53.6 Å². The molecule has 0 saturated carbocycles. The van der Waals surface area contributed by atoms with Crippen LogP contribution in [-0.2, 0) is 17.8 Å². The number of nitrogens with zero attached hydrogens (tertiary/aromatic N) is 2. The van der Waals surface area contributed by atoms with Gasteiger partial charge in [0.25, 0.3) is 17.7 Å². The molecule has 2 atom stereocenters. The minimum absolute atomic E-state index is 0.146. The Kier molecular flexibility index (Phi) is 9.18. The van der Waals surface area contributed by atoms with Crippen LogP contribution in [0, 0.1) is 0 Å². The van der Waals surface area contributed by atoms with Crippen LogP contribution >= 0.6 is 0 Å². The number of ether oxygens (including phenoxy) is 3. The van der Waals surface area contributed by atoms with E-state index in [1.807, 2.05) is 36.4 Å². The zero-order valence-electron chi connectivity index (χ0n) is 25.9. The number of aryl methyl sites for hydroxylation is 1. The molecule has 46 heavy (non-hydrogen) atoms. The monoisotopic (exact) mass is 623 g/mol. The lowest BCUT2D eigenvalue weighted by molar-refractivity contribution is -0.123. The van der Waals surface area contributed by atoms with Crippen molar-refractivity contribution < 1.29 is 28.6 Å². The summed E-state index contributed by atoms with van der Waals surface area (Å²) in [5.74, 6) is 0.951. The number of hydrogen-bond acceptors (Lipinski definition) is 7. The number of H-pyrrole nitrogens is 1. The van der Waals surface area contributed by atoms with Gasteiger partial charge in [-0.15, -0.1) is 0 Å². The first-order chi connectivity index (χ1) is 22.4. The summed E-state index contributed by atoms with van der Waals surface area (Å²) in [7, 11) is 1.57. The molecule has 11 nitrogen and oxygen atoms in total. The van der Waals surface area contributed by atoms with Gasteiger partial charge in [0.1, 0.15) is 29.0 Å². The van der Waals surface area contributed by atoms with E-state index in [1.165, 1.54) is 0 Å². The Morgan fingerprint density at radius 1 is 1.02 bits per heavy atom. The molecule has 0 spiro atoms. The third-order valence-corrected chi connectivity index (χ3v) is 8.20. The van der Waals surface area contributed by atoms with Crippen molar-refractivity contribution in [1.29, 1.82) is 0 Å². The number of rotatable bonds is 4. The SMILES string of the molecule is CCCc1cc(C(=O)N2CC[C@H]3Oc4ccc(cc4)CNC(=O)COc4cccc(c4)-c4cc(ccc4OC)C(=O)N[C@@H]3C2)n[nH]1. The van der Waals surface area contributed by atoms with E-state index in [4.69, 9.17) is 14.2 Å². The van der Waals surface area contributed by atoms with Gasteiger partial charge < -0.3 is 29.7 Å². The summed E-state index contributed by atoms with van der Waals surface area (Å²) in [6.45, 7) is 2.95. The highest BCUT2D eigenvalue weighted by atomic mass is 16.5. The van der Waals surface area contributed by atoms with Gasteiger partial charge in [0.05, 0.1) is 13.2 Å². The van der Waals surface area contributed by atoms with Crippen LogP contribution in [0.15, 0.2) is 72.8 Å². The molecule has 3 aromatic carbocycles.